The summed E-state index contributed by atoms with van der Waals surface area (Å²) in [7, 11) is -3.72. The number of esters is 1. The van der Waals surface area contributed by atoms with Crippen molar-refractivity contribution < 1.29 is 22.7 Å². The molecule has 3 N–H and O–H groups in total. The summed E-state index contributed by atoms with van der Waals surface area (Å²) >= 11 is 0. The molecule has 0 saturated heterocycles. The molecule has 0 aliphatic heterocycles. The number of nitrogens with one attached hydrogen (secondary N) is 1. The fourth-order valence-electron chi connectivity index (χ4n) is 2.95. The van der Waals surface area contributed by atoms with Crippen LogP contribution in [0.2, 0.25) is 0 Å². The van der Waals surface area contributed by atoms with Gasteiger partial charge < -0.3 is 10.1 Å². The van der Waals surface area contributed by atoms with Crippen LogP contribution in [0.15, 0.2) is 41.3 Å². The van der Waals surface area contributed by atoms with E-state index in [0.29, 0.717) is 18.5 Å². The number of aryl methyl sites for hydroxylation is 3. The lowest BCUT2D eigenvalue weighted by Crippen LogP contribution is -2.30. The zero-order chi connectivity index (χ0) is 20.9. The summed E-state index contributed by atoms with van der Waals surface area (Å²) in [6.07, 6.45) is 0.501. The summed E-state index contributed by atoms with van der Waals surface area (Å²) in [5.74, 6) is -0.930. The van der Waals surface area contributed by atoms with Crippen molar-refractivity contribution in [1.29, 1.82) is 0 Å². The molecule has 2 aromatic carbocycles. The average Bonchev–Trinajstić information content (AvgIpc) is 2.58. The first-order chi connectivity index (χ1) is 13.1. The Kier molecular flexibility index (Phi) is 6.93. The Morgan fingerprint density at radius 3 is 2.14 bits per heavy atom. The predicted molar refractivity (Wildman–Crippen MR) is 105 cm³/mol. The second-order valence-corrected chi connectivity index (χ2v) is 8.20. The number of carbonyl (C=O) groups is 2. The molecule has 0 saturated carbocycles. The molecule has 0 atom stereocenters. The first-order valence-electron chi connectivity index (χ1n) is 8.71. The van der Waals surface area contributed by atoms with Crippen LogP contribution in [0.5, 0.6) is 0 Å². The van der Waals surface area contributed by atoms with Crippen LogP contribution < -0.4 is 10.5 Å². The van der Waals surface area contributed by atoms with Gasteiger partial charge in [-0.15, -0.1) is 0 Å². The van der Waals surface area contributed by atoms with E-state index in [-0.39, 0.29) is 11.5 Å². The van der Waals surface area contributed by atoms with Gasteiger partial charge in [0, 0.05) is 6.54 Å². The Morgan fingerprint density at radius 1 is 1.04 bits per heavy atom. The van der Waals surface area contributed by atoms with Gasteiger partial charge in [0.25, 0.3) is 5.91 Å². The molecule has 0 bridgehead atoms. The van der Waals surface area contributed by atoms with Gasteiger partial charge in [0.05, 0.1) is 10.5 Å². The van der Waals surface area contributed by atoms with Gasteiger partial charge in [-0.25, -0.2) is 18.4 Å². The van der Waals surface area contributed by atoms with Gasteiger partial charge in [-0.2, -0.15) is 0 Å². The quantitative estimate of drug-likeness (QED) is 0.683. The van der Waals surface area contributed by atoms with E-state index in [4.69, 9.17) is 9.88 Å². The van der Waals surface area contributed by atoms with Gasteiger partial charge in [-0.1, -0.05) is 29.8 Å². The van der Waals surface area contributed by atoms with E-state index >= 15 is 0 Å². The molecule has 8 heteroatoms. The van der Waals surface area contributed by atoms with E-state index in [1.165, 1.54) is 12.1 Å². The van der Waals surface area contributed by atoms with Crippen molar-refractivity contribution in [2.75, 3.05) is 13.2 Å². The largest absolute Gasteiger partial charge is 0.452 e. The highest BCUT2D eigenvalue weighted by atomic mass is 32.2. The van der Waals surface area contributed by atoms with Gasteiger partial charge in [-0.3, -0.25) is 4.79 Å². The van der Waals surface area contributed by atoms with Crippen molar-refractivity contribution in [1.82, 2.24) is 5.32 Å². The van der Waals surface area contributed by atoms with E-state index in [1.807, 2.05) is 32.9 Å². The maximum Gasteiger partial charge on any atom is 0.339 e. The van der Waals surface area contributed by atoms with E-state index < -0.39 is 21.9 Å². The van der Waals surface area contributed by atoms with Gasteiger partial charge in [0.2, 0.25) is 10.0 Å². The zero-order valence-corrected chi connectivity index (χ0v) is 16.9. The number of hydrogen-bond donors (Lipinski definition) is 2. The van der Waals surface area contributed by atoms with Crippen LogP contribution >= 0.6 is 0 Å². The van der Waals surface area contributed by atoms with Crippen LogP contribution in [0.3, 0.4) is 0 Å². The highest BCUT2D eigenvalue weighted by Crippen LogP contribution is 2.17. The molecule has 28 heavy (non-hydrogen) atoms. The molecule has 0 aliphatic rings. The SMILES string of the molecule is Cc1cc(C)c(C(=O)OCC(=O)NCCc2ccc(S(N)(=O)=O)cc2)c(C)c1. The summed E-state index contributed by atoms with van der Waals surface area (Å²) in [6, 6.07) is 9.89. The minimum atomic E-state index is -3.72. The molecule has 2 aromatic rings. The smallest absolute Gasteiger partial charge is 0.339 e. The van der Waals surface area contributed by atoms with Crippen molar-refractivity contribution in [2.45, 2.75) is 32.1 Å². The minimum Gasteiger partial charge on any atom is -0.452 e. The third-order valence-corrected chi connectivity index (χ3v) is 5.13. The molecule has 0 spiro atoms. The van der Waals surface area contributed by atoms with E-state index in [9.17, 15) is 18.0 Å². The Hall–Kier alpha value is -2.71. The van der Waals surface area contributed by atoms with Crippen molar-refractivity contribution in [3.63, 3.8) is 0 Å². The molecule has 2 rings (SSSR count). The lowest BCUT2D eigenvalue weighted by molar-refractivity contribution is -0.124. The number of nitrogens with two attached hydrogens (primary N) is 1. The number of amides is 1. The predicted octanol–water partition coefficient (Wildman–Crippen LogP) is 1.77. The Morgan fingerprint density at radius 2 is 1.61 bits per heavy atom. The fraction of sp³-hybridized carbons (Fsp3) is 0.300. The molecular formula is C20H24N2O5S. The van der Waals surface area contributed by atoms with Crippen LogP contribution in [-0.4, -0.2) is 33.4 Å². The lowest BCUT2D eigenvalue weighted by atomic mass is 10.00. The van der Waals surface area contributed by atoms with Crippen molar-refractivity contribution in [2.24, 2.45) is 5.14 Å². The molecule has 0 unspecified atom stereocenters. The normalized spacial score (nSPS) is 11.1. The number of ether oxygens (including phenoxy) is 1. The summed E-state index contributed by atoms with van der Waals surface area (Å²) in [6.45, 7) is 5.57. The van der Waals surface area contributed by atoms with E-state index in [0.717, 1.165) is 22.3 Å². The van der Waals surface area contributed by atoms with Crippen molar-refractivity contribution in [3.8, 4) is 0 Å². The molecule has 0 aliphatic carbocycles. The Labute approximate surface area is 164 Å². The minimum absolute atomic E-state index is 0.0360. The van der Waals surface area contributed by atoms with Crippen LogP contribution in [0.25, 0.3) is 0 Å². The number of primary sulfonamides is 1. The van der Waals surface area contributed by atoms with Gasteiger partial charge in [-0.05, 0) is 56.0 Å². The number of hydrogen-bond acceptors (Lipinski definition) is 5. The summed E-state index contributed by atoms with van der Waals surface area (Å²) in [4.78, 5) is 24.2. The molecule has 0 fully saturated rings. The number of sulfonamides is 1. The fourth-order valence-corrected chi connectivity index (χ4v) is 3.46. The van der Waals surface area contributed by atoms with Crippen molar-refractivity contribution >= 4 is 21.9 Å². The summed E-state index contributed by atoms with van der Waals surface area (Å²) in [5.41, 5.74) is 4.00. The van der Waals surface area contributed by atoms with Crippen LogP contribution in [-0.2, 0) is 26.0 Å². The average molecular weight is 404 g/mol. The molecule has 1 amide bonds. The van der Waals surface area contributed by atoms with Crippen LogP contribution in [0.1, 0.15) is 32.6 Å². The Balaban J connectivity index is 1.81. The number of benzene rings is 2. The monoisotopic (exact) mass is 404 g/mol. The highest BCUT2D eigenvalue weighted by molar-refractivity contribution is 7.89. The summed E-state index contributed by atoms with van der Waals surface area (Å²) < 4.78 is 27.5. The first kappa shape index (κ1) is 21.6. The first-order valence-corrected chi connectivity index (χ1v) is 10.3. The number of rotatable bonds is 7. The molecule has 0 heterocycles. The molecular weight excluding hydrogens is 380 g/mol. The highest BCUT2D eigenvalue weighted by Gasteiger charge is 2.15. The van der Waals surface area contributed by atoms with Gasteiger partial charge in [0.15, 0.2) is 6.61 Å². The standard InChI is InChI=1S/C20H24N2O5S/c1-13-10-14(2)19(15(3)11-13)20(24)27-12-18(23)22-9-8-16-4-6-17(7-5-16)28(21,25)26/h4-7,10-11H,8-9,12H2,1-3H3,(H,22,23)(H2,21,25,26). The molecule has 0 aromatic heterocycles. The second-order valence-electron chi connectivity index (χ2n) is 6.64. The van der Waals surface area contributed by atoms with E-state index in [1.54, 1.807) is 12.1 Å². The third kappa shape index (κ3) is 5.90. The van der Waals surface area contributed by atoms with Crippen LogP contribution in [0.4, 0.5) is 0 Å². The zero-order valence-electron chi connectivity index (χ0n) is 16.1. The maximum absolute atomic E-state index is 12.2. The Bertz CT molecular complexity index is 959. The topological polar surface area (TPSA) is 116 Å². The maximum atomic E-state index is 12.2. The third-order valence-electron chi connectivity index (χ3n) is 4.20. The van der Waals surface area contributed by atoms with Crippen molar-refractivity contribution in [3.05, 3.63) is 64.2 Å². The molecule has 0 radical (unpaired) electrons. The summed E-state index contributed by atoms with van der Waals surface area (Å²) in [5, 5.41) is 7.71. The molecule has 150 valence electrons. The van der Waals surface area contributed by atoms with Crippen LogP contribution in [0, 0.1) is 20.8 Å². The second kappa shape index (κ2) is 8.99. The number of carbonyl (C=O) groups excluding carboxylic acids is 2. The van der Waals surface area contributed by atoms with Gasteiger partial charge in [0.1, 0.15) is 0 Å². The lowest BCUT2D eigenvalue weighted by Gasteiger charge is -2.11. The van der Waals surface area contributed by atoms with E-state index in [2.05, 4.69) is 5.32 Å². The van der Waals surface area contributed by atoms with Gasteiger partial charge >= 0.3 is 5.97 Å². The molecule has 7 nitrogen and oxygen atoms in total.